The highest BCUT2D eigenvalue weighted by Crippen LogP contribution is 2.30. The molecule has 1 N–H and O–H groups in total. The van der Waals surface area contributed by atoms with E-state index in [4.69, 9.17) is 0 Å². The molecule has 2 aromatic carbocycles. The lowest BCUT2D eigenvalue weighted by molar-refractivity contribution is -0.113. The van der Waals surface area contributed by atoms with Gasteiger partial charge in [-0.15, -0.1) is 11.3 Å². The van der Waals surface area contributed by atoms with E-state index in [9.17, 15) is 9.59 Å². The van der Waals surface area contributed by atoms with Crippen molar-refractivity contribution in [1.29, 1.82) is 0 Å². The number of carbonyl (C=O) groups is 1. The van der Waals surface area contributed by atoms with Gasteiger partial charge in [-0.2, -0.15) is 0 Å². The Kier molecular flexibility index (Phi) is 5.43. The molecule has 0 bridgehead atoms. The van der Waals surface area contributed by atoms with Crippen LogP contribution in [0.15, 0.2) is 99.2 Å². The fraction of sp³-hybridized carbons (Fsp3) is 0.0800. The summed E-state index contributed by atoms with van der Waals surface area (Å²) in [6, 6.07) is 22.3. The Balaban J connectivity index is 1.68. The maximum absolute atomic E-state index is 13.5. The van der Waals surface area contributed by atoms with E-state index < -0.39 is 6.04 Å². The van der Waals surface area contributed by atoms with Crippen molar-refractivity contribution < 1.29 is 4.79 Å². The second kappa shape index (κ2) is 8.53. The van der Waals surface area contributed by atoms with Crippen LogP contribution in [0.25, 0.3) is 6.08 Å². The molecule has 1 amide bonds. The zero-order chi connectivity index (χ0) is 22.1. The monoisotopic (exact) mass is 457 g/mol. The number of rotatable bonds is 4. The average Bonchev–Trinajstić information content (AvgIpc) is 3.42. The Morgan fingerprint density at radius 3 is 2.44 bits per heavy atom. The van der Waals surface area contributed by atoms with E-state index in [-0.39, 0.29) is 11.5 Å². The van der Waals surface area contributed by atoms with E-state index in [1.165, 1.54) is 11.3 Å². The largest absolute Gasteiger partial charge is 0.322 e. The number of carbonyl (C=O) groups excluding carboxylic acids is 1. The fourth-order valence-corrected chi connectivity index (χ4v) is 5.55. The lowest BCUT2D eigenvalue weighted by Crippen LogP contribution is -2.40. The third-order valence-electron chi connectivity index (χ3n) is 5.23. The number of para-hydroxylation sites is 1. The van der Waals surface area contributed by atoms with Crippen LogP contribution in [0, 0.1) is 0 Å². The van der Waals surface area contributed by atoms with Crippen molar-refractivity contribution in [3.63, 3.8) is 0 Å². The Morgan fingerprint density at radius 2 is 1.75 bits per heavy atom. The minimum Gasteiger partial charge on any atom is -0.322 e. The molecule has 0 spiro atoms. The highest BCUT2D eigenvalue weighted by atomic mass is 32.1. The predicted octanol–water partition coefficient (Wildman–Crippen LogP) is 3.94. The van der Waals surface area contributed by atoms with E-state index in [2.05, 4.69) is 10.3 Å². The molecule has 1 unspecified atom stereocenters. The summed E-state index contributed by atoms with van der Waals surface area (Å²) in [5, 5.41) is 4.94. The van der Waals surface area contributed by atoms with Crippen LogP contribution in [0.1, 0.15) is 23.4 Å². The van der Waals surface area contributed by atoms with Gasteiger partial charge in [0.2, 0.25) is 0 Å². The highest BCUT2D eigenvalue weighted by Gasteiger charge is 2.32. The molecular formula is C25H19N3O2S2. The van der Waals surface area contributed by atoms with Gasteiger partial charge in [0.25, 0.3) is 11.5 Å². The molecule has 0 saturated heterocycles. The van der Waals surface area contributed by atoms with Crippen LogP contribution < -0.4 is 20.2 Å². The SMILES string of the molecule is CC1=C(C(=O)Nc2ccccc2)C(c2ccccc2)n2c(sc(=Cc3cccs3)c2=O)=N1. The molecule has 0 aliphatic carbocycles. The fourth-order valence-electron chi connectivity index (χ4n) is 3.79. The maximum atomic E-state index is 13.5. The van der Waals surface area contributed by atoms with Crippen molar-refractivity contribution >= 4 is 40.3 Å². The van der Waals surface area contributed by atoms with Gasteiger partial charge in [0.1, 0.15) is 0 Å². The molecule has 1 atom stereocenters. The molecule has 4 aromatic rings. The van der Waals surface area contributed by atoms with Crippen molar-refractivity contribution in [3.05, 3.63) is 120 Å². The summed E-state index contributed by atoms with van der Waals surface area (Å²) in [6.07, 6.45) is 1.89. The molecule has 158 valence electrons. The average molecular weight is 458 g/mol. The van der Waals surface area contributed by atoms with Crippen LogP contribution in [0.3, 0.4) is 0 Å². The topological polar surface area (TPSA) is 63.5 Å². The quantitative estimate of drug-likeness (QED) is 0.505. The van der Waals surface area contributed by atoms with Crippen LogP contribution in [-0.2, 0) is 4.79 Å². The van der Waals surface area contributed by atoms with E-state index in [1.807, 2.05) is 91.2 Å². The zero-order valence-corrected chi connectivity index (χ0v) is 18.8. The maximum Gasteiger partial charge on any atom is 0.271 e. The molecule has 5 nitrogen and oxygen atoms in total. The third-order valence-corrected chi connectivity index (χ3v) is 7.03. The summed E-state index contributed by atoms with van der Waals surface area (Å²) >= 11 is 2.92. The van der Waals surface area contributed by atoms with E-state index in [0.29, 0.717) is 26.3 Å². The van der Waals surface area contributed by atoms with Crippen molar-refractivity contribution in [2.75, 3.05) is 5.32 Å². The molecular weight excluding hydrogens is 438 g/mol. The normalized spacial score (nSPS) is 15.9. The molecule has 7 heteroatoms. The van der Waals surface area contributed by atoms with E-state index in [0.717, 1.165) is 10.4 Å². The number of amides is 1. The van der Waals surface area contributed by atoms with Crippen LogP contribution in [0.4, 0.5) is 5.69 Å². The number of anilines is 1. The predicted molar refractivity (Wildman–Crippen MR) is 130 cm³/mol. The second-order valence-electron chi connectivity index (χ2n) is 7.33. The smallest absolute Gasteiger partial charge is 0.271 e. The van der Waals surface area contributed by atoms with Gasteiger partial charge in [-0.05, 0) is 42.1 Å². The van der Waals surface area contributed by atoms with Gasteiger partial charge in [0, 0.05) is 10.6 Å². The molecule has 0 radical (unpaired) electrons. The number of aromatic nitrogens is 1. The first kappa shape index (κ1) is 20.4. The Labute approximate surface area is 192 Å². The standard InChI is InChI=1S/C25H19N3O2S2/c1-16-21(23(29)27-18-11-6-3-7-12-18)22(17-9-4-2-5-10-17)28-24(30)20(32-25(28)26-16)15-19-13-8-14-31-19/h2-15,22H,1H3,(H,27,29). The van der Waals surface area contributed by atoms with E-state index in [1.54, 1.807) is 15.9 Å². The highest BCUT2D eigenvalue weighted by molar-refractivity contribution is 7.11. The summed E-state index contributed by atoms with van der Waals surface area (Å²) in [5.74, 6) is -0.265. The first-order chi connectivity index (χ1) is 15.6. The zero-order valence-electron chi connectivity index (χ0n) is 17.2. The Hall–Kier alpha value is -3.55. The number of fused-ring (bicyclic) bond motifs is 1. The molecule has 1 aliphatic heterocycles. The molecule has 2 aromatic heterocycles. The second-order valence-corrected chi connectivity index (χ2v) is 9.32. The minimum absolute atomic E-state index is 0.145. The number of hydrogen-bond donors (Lipinski definition) is 1. The summed E-state index contributed by atoms with van der Waals surface area (Å²) in [7, 11) is 0. The van der Waals surface area contributed by atoms with E-state index >= 15 is 0 Å². The van der Waals surface area contributed by atoms with Crippen LogP contribution >= 0.6 is 22.7 Å². The van der Waals surface area contributed by atoms with Crippen molar-refractivity contribution in [1.82, 2.24) is 4.57 Å². The molecule has 0 fully saturated rings. The number of nitrogens with one attached hydrogen (secondary N) is 1. The molecule has 3 heterocycles. The van der Waals surface area contributed by atoms with Crippen molar-refractivity contribution in [2.45, 2.75) is 13.0 Å². The van der Waals surface area contributed by atoms with Crippen molar-refractivity contribution in [3.8, 4) is 0 Å². The third kappa shape index (κ3) is 3.77. The Morgan fingerprint density at radius 1 is 1.03 bits per heavy atom. The molecule has 0 saturated carbocycles. The van der Waals surface area contributed by atoms with Crippen molar-refractivity contribution in [2.24, 2.45) is 4.99 Å². The van der Waals surface area contributed by atoms with Gasteiger partial charge < -0.3 is 5.32 Å². The van der Waals surface area contributed by atoms with Gasteiger partial charge in [-0.25, -0.2) is 4.99 Å². The summed E-state index contributed by atoms with van der Waals surface area (Å²) in [6.45, 7) is 1.83. The number of thiophene rings is 1. The number of benzene rings is 2. The van der Waals surface area contributed by atoms with Gasteiger partial charge in [-0.3, -0.25) is 14.2 Å². The number of nitrogens with zero attached hydrogens (tertiary/aromatic N) is 2. The lowest BCUT2D eigenvalue weighted by atomic mass is 9.95. The Bertz CT molecular complexity index is 1480. The summed E-state index contributed by atoms with van der Waals surface area (Å²) in [4.78, 5) is 33.1. The molecule has 32 heavy (non-hydrogen) atoms. The molecule has 1 aliphatic rings. The lowest BCUT2D eigenvalue weighted by Gasteiger charge is -2.25. The van der Waals surface area contributed by atoms with Gasteiger partial charge >= 0.3 is 0 Å². The van der Waals surface area contributed by atoms with Gasteiger partial charge in [0.15, 0.2) is 4.80 Å². The summed E-state index contributed by atoms with van der Waals surface area (Å²) < 4.78 is 2.25. The minimum atomic E-state index is -0.554. The number of hydrogen-bond acceptors (Lipinski definition) is 5. The van der Waals surface area contributed by atoms with Gasteiger partial charge in [-0.1, -0.05) is 65.9 Å². The number of thiazole rings is 1. The molecule has 5 rings (SSSR count). The van der Waals surface area contributed by atoms with Crippen LogP contribution in [-0.4, -0.2) is 10.5 Å². The van der Waals surface area contributed by atoms with Gasteiger partial charge in [0.05, 0.1) is 21.8 Å². The first-order valence-electron chi connectivity index (χ1n) is 10.1. The summed E-state index contributed by atoms with van der Waals surface area (Å²) in [5.41, 5.74) is 2.49. The van der Waals surface area contributed by atoms with Crippen LogP contribution in [0.5, 0.6) is 0 Å². The number of allylic oxidation sites excluding steroid dienone is 1. The van der Waals surface area contributed by atoms with Crippen LogP contribution in [0.2, 0.25) is 0 Å². The first-order valence-corrected chi connectivity index (χ1v) is 11.8.